The van der Waals surface area contributed by atoms with Crippen LogP contribution in [0.25, 0.3) is 11.2 Å². The van der Waals surface area contributed by atoms with Crippen LogP contribution >= 0.6 is 31.6 Å². The molecule has 2 unspecified atom stereocenters. The molecule has 0 amide bonds. The number of ether oxygens (including phenoxy) is 2. The minimum atomic E-state index is -3.66. The van der Waals surface area contributed by atoms with E-state index in [0.29, 0.717) is 25.2 Å². The molecule has 5 N–H and O–H groups in total. The van der Waals surface area contributed by atoms with Crippen molar-refractivity contribution in [1.82, 2.24) is 19.5 Å². The van der Waals surface area contributed by atoms with Gasteiger partial charge in [0.05, 0.1) is 18.8 Å². The highest BCUT2D eigenvalue weighted by atomic mass is 32.1. The molecule has 0 aliphatic rings. The zero-order chi connectivity index (χ0) is 36.1. The number of nitrogens with two attached hydrogens (primary N) is 1. The summed E-state index contributed by atoms with van der Waals surface area (Å²) < 4.78 is 28.0. The number of aryl methyl sites for hydroxylation is 2. The minimum Gasteiger partial charge on any atom is -0.466 e. The minimum absolute atomic E-state index is 0.0105. The Kier molecular flexibility index (Phi) is 12.5. The van der Waals surface area contributed by atoms with Crippen molar-refractivity contribution in [1.29, 1.82) is 5.26 Å². The molecule has 48 heavy (non-hydrogen) atoms. The molecule has 3 aromatic rings. The molecule has 0 aliphatic carbocycles. The van der Waals surface area contributed by atoms with E-state index in [9.17, 15) is 24.8 Å². The summed E-state index contributed by atoms with van der Waals surface area (Å²) in [5.41, 5.74) is 6.20. The number of nitrogens with one attached hydrogen (secondary N) is 1. The molecule has 0 aliphatic heterocycles. The summed E-state index contributed by atoms with van der Waals surface area (Å²) in [7, 11) is -3.66. The van der Waals surface area contributed by atoms with Crippen LogP contribution in [-0.4, -0.2) is 77.1 Å². The van der Waals surface area contributed by atoms with Gasteiger partial charge in [0.1, 0.15) is 7.14 Å². The van der Waals surface area contributed by atoms with Gasteiger partial charge in [0, 0.05) is 48.5 Å². The van der Waals surface area contributed by atoms with E-state index >= 15 is 0 Å². The van der Waals surface area contributed by atoms with Crippen LogP contribution in [0.3, 0.4) is 0 Å². The molecule has 2 heterocycles. The van der Waals surface area contributed by atoms with Crippen LogP contribution in [0, 0.1) is 22.2 Å². The maximum absolute atomic E-state index is 14.8. The van der Waals surface area contributed by atoms with Gasteiger partial charge in [0.15, 0.2) is 21.3 Å². The first-order valence-corrected chi connectivity index (χ1v) is 18.6. The number of benzene rings is 1. The summed E-state index contributed by atoms with van der Waals surface area (Å²) in [6, 6.07) is 9.80. The van der Waals surface area contributed by atoms with Crippen LogP contribution in [0.15, 0.2) is 35.4 Å². The molecule has 2 aromatic heterocycles. The summed E-state index contributed by atoms with van der Waals surface area (Å²) in [4.78, 5) is 25.1. The van der Waals surface area contributed by atoms with Crippen LogP contribution in [0.1, 0.15) is 60.5 Å². The van der Waals surface area contributed by atoms with E-state index in [2.05, 4.69) is 21.0 Å². The van der Waals surface area contributed by atoms with Gasteiger partial charge in [-0.15, -0.1) is 0 Å². The maximum Gasteiger partial charge on any atom is 0.369 e. The first-order valence-electron chi connectivity index (χ1n) is 15.6. The molecule has 16 heteroatoms. The van der Waals surface area contributed by atoms with Gasteiger partial charge < -0.3 is 39.5 Å². The number of aromatic amines is 1. The summed E-state index contributed by atoms with van der Waals surface area (Å²) >= 11 is 10.8. The lowest BCUT2D eigenvalue weighted by molar-refractivity contribution is -0.326. The number of H-pyrrole nitrogens is 1. The average Bonchev–Trinajstić information content (AvgIpc) is 3.40. The van der Waals surface area contributed by atoms with E-state index in [-0.39, 0.29) is 46.9 Å². The van der Waals surface area contributed by atoms with E-state index in [1.54, 1.807) is 53.0 Å². The Morgan fingerprint density at radius 1 is 1.15 bits per heavy atom. The maximum atomic E-state index is 14.8. The van der Waals surface area contributed by atoms with E-state index in [1.165, 1.54) is 6.33 Å². The zero-order valence-corrected chi connectivity index (χ0v) is 31.0. The van der Waals surface area contributed by atoms with E-state index in [1.807, 2.05) is 29.2 Å². The van der Waals surface area contributed by atoms with Crippen LogP contribution < -0.4 is 16.2 Å². The van der Waals surface area contributed by atoms with E-state index in [4.69, 9.17) is 39.6 Å². The topological polar surface area (TPSA) is 193 Å². The number of hydrogen-bond acceptors (Lipinski definition) is 13. The van der Waals surface area contributed by atoms with Gasteiger partial charge in [0.25, 0.3) is 5.56 Å². The number of nitriles is 1. The molecule has 0 bridgehead atoms. The number of anilines is 2. The third-order valence-electron chi connectivity index (χ3n) is 7.66. The highest BCUT2D eigenvalue weighted by Gasteiger charge is 2.53. The fourth-order valence-corrected chi connectivity index (χ4v) is 7.49. The number of rotatable bonds is 14. The number of thiocarbonyl (C=S) groups is 2. The molecule has 0 radical (unpaired) electrons. The van der Waals surface area contributed by atoms with Crippen LogP contribution in [0.5, 0.6) is 0 Å². The Bertz CT molecular complexity index is 1770. The van der Waals surface area contributed by atoms with Gasteiger partial charge in [-0.1, -0.05) is 66.7 Å². The third-order valence-corrected chi connectivity index (χ3v) is 12.4. The van der Waals surface area contributed by atoms with Crippen molar-refractivity contribution in [3.8, 4) is 6.07 Å². The molecule has 2 atom stereocenters. The monoisotopic (exact) mass is 719 g/mol. The van der Waals surface area contributed by atoms with E-state index in [0.717, 1.165) is 11.3 Å². The van der Waals surface area contributed by atoms with Crippen molar-refractivity contribution in [2.24, 2.45) is 10.8 Å². The van der Waals surface area contributed by atoms with Gasteiger partial charge in [-0.05, 0) is 42.5 Å². The Balaban J connectivity index is 1.95. The fraction of sp³-hybridized carbons (Fsp3) is 0.562. The van der Waals surface area contributed by atoms with Crippen LogP contribution in [0.4, 0.5) is 11.6 Å². The molecule has 13 nitrogen and oxygen atoms in total. The quantitative estimate of drug-likeness (QED) is 0.101. The second-order valence-corrected chi connectivity index (χ2v) is 17.8. The Morgan fingerprint density at radius 2 is 1.79 bits per heavy atom. The van der Waals surface area contributed by atoms with Gasteiger partial charge >= 0.3 is 5.97 Å². The third kappa shape index (κ3) is 9.60. The Morgan fingerprint density at radius 3 is 2.40 bits per heavy atom. The molecule has 0 saturated heterocycles. The van der Waals surface area contributed by atoms with Crippen molar-refractivity contribution in [2.75, 3.05) is 36.0 Å². The molecule has 1 aromatic carbocycles. The van der Waals surface area contributed by atoms with Gasteiger partial charge in [0.2, 0.25) is 11.8 Å². The predicted octanol–water partition coefficient (Wildman–Crippen LogP) is 4.79. The SMILES string of the molecule is CCP(=O)(CCN(CCC#N)c1ccccc1CCn1cnc2c(=O)[nH]c(N)nc21)C(OC(=S)C(C)(C)C)C(O)(O)OC(=S)C(C)(C)C. The number of para-hydroxylation sites is 1. The van der Waals surface area contributed by atoms with Gasteiger partial charge in [-0.3, -0.25) is 9.78 Å². The second-order valence-electron chi connectivity index (χ2n) is 13.6. The van der Waals surface area contributed by atoms with Crippen molar-refractivity contribution in [3.63, 3.8) is 0 Å². The highest BCUT2D eigenvalue weighted by Crippen LogP contribution is 2.55. The van der Waals surface area contributed by atoms with Crippen molar-refractivity contribution in [2.45, 2.75) is 79.7 Å². The Hall–Kier alpha value is -3.41. The lowest BCUT2D eigenvalue weighted by Gasteiger charge is -2.39. The van der Waals surface area contributed by atoms with Crippen LogP contribution in [-0.2, 0) is 27.0 Å². The lowest BCUT2D eigenvalue weighted by Crippen LogP contribution is -2.51. The normalized spacial score (nSPS) is 14.2. The number of hydrogen-bond donors (Lipinski definition) is 4. The Labute approximate surface area is 291 Å². The molecule has 0 saturated carbocycles. The van der Waals surface area contributed by atoms with Crippen molar-refractivity contribution in [3.05, 3.63) is 46.5 Å². The first kappa shape index (κ1) is 39.0. The summed E-state index contributed by atoms with van der Waals surface area (Å²) in [5.74, 6) is -4.80. The van der Waals surface area contributed by atoms with Crippen molar-refractivity contribution < 1.29 is 24.3 Å². The van der Waals surface area contributed by atoms with Crippen molar-refractivity contribution >= 4 is 64.5 Å². The second kappa shape index (κ2) is 15.4. The van der Waals surface area contributed by atoms with Crippen LogP contribution in [0.2, 0.25) is 0 Å². The molecule has 0 spiro atoms. The summed E-state index contributed by atoms with van der Waals surface area (Å²) in [6.45, 7) is 13.3. The lowest BCUT2D eigenvalue weighted by atomic mass is 9.98. The van der Waals surface area contributed by atoms with E-state index < -0.39 is 35.3 Å². The van der Waals surface area contributed by atoms with Gasteiger partial charge in [-0.25, -0.2) is 4.98 Å². The molecule has 262 valence electrons. The summed E-state index contributed by atoms with van der Waals surface area (Å²) in [5, 5.41) is 32.1. The zero-order valence-electron chi connectivity index (χ0n) is 28.5. The molecular weight excluding hydrogens is 674 g/mol. The largest absolute Gasteiger partial charge is 0.466 e. The fourth-order valence-electron chi connectivity index (χ4n) is 4.77. The smallest absolute Gasteiger partial charge is 0.369 e. The van der Waals surface area contributed by atoms with Gasteiger partial charge in [-0.2, -0.15) is 10.2 Å². The number of nitrogen functional groups attached to an aromatic ring is 1. The number of fused-ring (bicyclic) bond motifs is 1. The highest BCUT2D eigenvalue weighted by molar-refractivity contribution is 7.80. The first-order chi connectivity index (χ1) is 22.2. The molecule has 0 fully saturated rings. The number of aromatic nitrogens is 4. The standard InChI is InChI=1S/C32H46N7O6PS2/c1-8-46(43,26(44-27(47)30(2,3)4)32(41,42)45-28(48)31(5,6)7)19-18-38(16-11-15-33)22-13-10-9-12-21(22)14-17-39-20-35-23-24(39)36-29(34)37-25(23)40/h9-10,12-13,20,26,41-42H,8,11,14,16-19H2,1-7H3,(H3,34,36,37,40). The summed E-state index contributed by atoms with van der Waals surface area (Å²) in [6.07, 6.45) is 2.24. The molecular formula is C32H46N7O6PS2. The molecule has 3 rings (SSSR count). The predicted molar refractivity (Wildman–Crippen MR) is 195 cm³/mol. The number of imidazole rings is 1. The average molecular weight is 720 g/mol. The number of nitrogens with zero attached hydrogens (tertiary/aromatic N) is 5. The number of aliphatic hydroxyl groups is 2.